The molecule has 1 aromatic rings. The van der Waals surface area contributed by atoms with Crippen molar-refractivity contribution in [2.45, 2.75) is 31.1 Å². The number of rotatable bonds is 4. The van der Waals surface area contributed by atoms with Crippen molar-refractivity contribution in [2.75, 3.05) is 13.1 Å². The lowest BCUT2D eigenvalue weighted by atomic mass is 9.96. The maximum Gasteiger partial charge on any atom is 0.303 e. The minimum atomic E-state index is -3.51. The molecule has 6 heteroatoms. The van der Waals surface area contributed by atoms with Crippen molar-refractivity contribution < 1.29 is 18.3 Å². The van der Waals surface area contributed by atoms with Crippen LogP contribution in [0.5, 0.6) is 0 Å². The van der Waals surface area contributed by atoms with Gasteiger partial charge in [0, 0.05) is 19.5 Å². The summed E-state index contributed by atoms with van der Waals surface area (Å²) in [5.41, 5.74) is 0.894. The van der Waals surface area contributed by atoms with Crippen LogP contribution in [0.4, 0.5) is 0 Å². The maximum atomic E-state index is 12.5. The zero-order valence-electron chi connectivity index (χ0n) is 11.4. The highest BCUT2D eigenvalue weighted by atomic mass is 32.2. The summed E-state index contributed by atoms with van der Waals surface area (Å²) >= 11 is 0. The van der Waals surface area contributed by atoms with Gasteiger partial charge in [0.1, 0.15) is 0 Å². The normalized spacial score (nSPS) is 20.8. The lowest BCUT2D eigenvalue weighted by molar-refractivity contribution is -0.138. The molecule has 1 aliphatic rings. The Kier molecular flexibility index (Phi) is 4.45. The van der Waals surface area contributed by atoms with Crippen molar-refractivity contribution in [1.29, 1.82) is 0 Å². The Bertz CT molecular complexity index is 597. The van der Waals surface area contributed by atoms with Crippen LogP contribution in [0.15, 0.2) is 29.2 Å². The van der Waals surface area contributed by atoms with E-state index in [-0.39, 0.29) is 17.2 Å². The van der Waals surface area contributed by atoms with Gasteiger partial charge >= 0.3 is 5.97 Å². The lowest BCUT2D eigenvalue weighted by Gasteiger charge is -2.31. The second-order valence-electron chi connectivity index (χ2n) is 5.29. The molecule has 1 aliphatic heterocycles. The van der Waals surface area contributed by atoms with Crippen molar-refractivity contribution in [2.24, 2.45) is 5.92 Å². The number of nitrogens with zero attached hydrogens (tertiary/aromatic N) is 1. The average Bonchev–Trinajstić information content (AvgIpc) is 2.38. The number of hydrogen-bond donors (Lipinski definition) is 1. The highest BCUT2D eigenvalue weighted by Gasteiger charge is 2.31. The standard InChI is InChI=1S/C14H19NO4S/c1-11-4-2-6-13(8-11)20(18,19)15-7-3-5-12(10-15)9-14(16)17/h2,4,6,8,12H,3,5,7,9-10H2,1H3,(H,16,17). The molecule has 1 heterocycles. The minimum Gasteiger partial charge on any atom is -0.481 e. The number of carboxylic acids is 1. The summed E-state index contributed by atoms with van der Waals surface area (Å²) in [7, 11) is -3.51. The highest BCUT2D eigenvalue weighted by Crippen LogP contribution is 2.25. The Balaban J connectivity index is 2.19. The van der Waals surface area contributed by atoms with Crippen molar-refractivity contribution in [3.63, 3.8) is 0 Å². The van der Waals surface area contributed by atoms with Crippen LogP contribution >= 0.6 is 0 Å². The lowest BCUT2D eigenvalue weighted by Crippen LogP contribution is -2.40. The summed E-state index contributed by atoms with van der Waals surface area (Å²) in [6, 6.07) is 6.81. The van der Waals surface area contributed by atoms with Crippen molar-refractivity contribution >= 4 is 16.0 Å². The third-order valence-electron chi connectivity index (χ3n) is 3.57. The summed E-state index contributed by atoms with van der Waals surface area (Å²) in [5.74, 6) is -0.967. The Morgan fingerprint density at radius 2 is 2.20 bits per heavy atom. The first-order chi connectivity index (χ1) is 9.39. The van der Waals surface area contributed by atoms with Crippen molar-refractivity contribution in [3.8, 4) is 0 Å². The number of piperidine rings is 1. The Hall–Kier alpha value is -1.40. The molecule has 0 aliphatic carbocycles. The second kappa shape index (κ2) is 5.93. The van der Waals surface area contributed by atoms with Crippen LogP contribution in [0.25, 0.3) is 0 Å². The molecular formula is C14H19NO4S. The predicted molar refractivity (Wildman–Crippen MR) is 74.9 cm³/mol. The molecule has 0 bridgehead atoms. The zero-order chi connectivity index (χ0) is 14.8. The van der Waals surface area contributed by atoms with Gasteiger partial charge in [0.2, 0.25) is 10.0 Å². The first kappa shape index (κ1) is 15.0. The molecule has 1 fully saturated rings. The molecule has 0 saturated carbocycles. The summed E-state index contributed by atoms with van der Waals surface area (Å²) in [6.45, 7) is 2.61. The molecule has 1 unspecified atom stereocenters. The molecular weight excluding hydrogens is 278 g/mol. The van der Waals surface area contributed by atoms with E-state index in [1.807, 2.05) is 13.0 Å². The molecule has 0 spiro atoms. The molecule has 0 amide bonds. The quantitative estimate of drug-likeness (QED) is 0.920. The molecule has 1 aromatic carbocycles. The number of aliphatic carboxylic acids is 1. The Labute approximate surface area is 119 Å². The van der Waals surface area contributed by atoms with E-state index in [0.29, 0.717) is 19.5 Å². The number of sulfonamides is 1. The molecule has 110 valence electrons. The van der Waals surface area contributed by atoms with Gasteiger partial charge in [-0.3, -0.25) is 4.79 Å². The number of hydrogen-bond acceptors (Lipinski definition) is 3. The zero-order valence-corrected chi connectivity index (χ0v) is 12.3. The van der Waals surface area contributed by atoms with Gasteiger partial charge in [0.15, 0.2) is 0 Å². The van der Waals surface area contributed by atoms with Crippen LogP contribution in [0.2, 0.25) is 0 Å². The first-order valence-corrected chi connectivity index (χ1v) is 8.12. The monoisotopic (exact) mass is 297 g/mol. The van der Waals surface area contributed by atoms with Crippen LogP contribution in [0.1, 0.15) is 24.8 Å². The van der Waals surface area contributed by atoms with Gasteiger partial charge in [-0.05, 0) is 43.4 Å². The van der Waals surface area contributed by atoms with Gasteiger partial charge in [-0.1, -0.05) is 12.1 Å². The third kappa shape index (κ3) is 3.37. The van der Waals surface area contributed by atoms with Crippen LogP contribution in [-0.2, 0) is 14.8 Å². The number of carboxylic acid groups (broad SMARTS) is 1. The molecule has 5 nitrogen and oxygen atoms in total. The van der Waals surface area contributed by atoms with Gasteiger partial charge in [-0.25, -0.2) is 8.42 Å². The van der Waals surface area contributed by atoms with E-state index >= 15 is 0 Å². The molecule has 1 saturated heterocycles. The SMILES string of the molecule is Cc1cccc(S(=O)(=O)N2CCCC(CC(=O)O)C2)c1. The van der Waals surface area contributed by atoms with Gasteiger partial charge in [-0.2, -0.15) is 4.31 Å². The second-order valence-corrected chi connectivity index (χ2v) is 7.22. The van der Waals surface area contributed by atoms with Crippen LogP contribution < -0.4 is 0 Å². The first-order valence-electron chi connectivity index (χ1n) is 6.68. The van der Waals surface area contributed by atoms with E-state index in [4.69, 9.17) is 5.11 Å². The average molecular weight is 297 g/mol. The van der Waals surface area contributed by atoms with E-state index in [1.165, 1.54) is 4.31 Å². The fraction of sp³-hybridized carbons (Fsp3) is 0.500. The summed E-state index contributed by atoms with van der Waals surface area (Å²) < 4.78 is 26.5. The van der Waals surface area contributed by atoms with Crippen molar-refractivity contribution in [3.05, 3.63) is 29.8 Å². The van der Waals surface area contributed by atoms with Crippen molar-refractivity contribution in [1.82, 2.24) is 4.31 Å². The highest BCUT2D eigenvalue weighted by molar-refractivity contribution is 7.89. The van der Waals surface area contributed by atoms with E-state index < -0.39 is 16.0 Å². The minimum absolute atomic E-state index is 0.0276. The summed E-state index contributed by atoms with van der Waals surface area (Å²) in [6.07, 6.45) is 1.51. The van der Waals surface area contributed by atoms with E-state index in [2.05, 4.69) is 0 Å². The molecule has 1 N–H and O–H groups in total. The fourth-order valence-corrected chi connectivity index (χ4v) is 4.24. The number of aryl methyl sites for hydroxylation is 1. The Morgan fingerprint density at radius 1 is 1.45 bits per heavy atom. The van der Waals surface area contributed by atoms with Gasteiger partial charge in [-0.15, -0.1) is 0 Å². The summed E-state index contributed by atoms with van der Waals surface area (Å²) in [5, 5.41) is 8.84. The van der Waals surface area contributed by atoms with Crippen LogP contribution in [-0.4, -0.2) is 36.9 Å². The van der Waals surface area contributed by atoms with E-state index in [9.17, 15) is 13.2 Å². The topological polar surface area (TPSA) is 74.7 Å². The van der Waals surface area contributed by atoms with Gasteiger partial charge in [0.05, 0.1) is 4.90 Å². The number of benzene rings is 1. The molecule has 0 radical (unpaired) electrons. The smallest absolute Gasteiger partial charge is 0.303 e. The van der Waals surface area contributed by atoms with E-state index in [0.717, 1.165) is 12.0 Å². The third-order valence-corrected chi connectivity index (χ3v) is 5.43. The summed E-state index contributed by atoms with van der Waals surface area (Å²) in [4.78, 5) is 11.1. The molecule has 2 rings (SSSR count). The van der Waals surface area contributed by atoms with Gasteiger partial charge in [0.25, 0.3) is 0 Å². The largest absolute Gasteiger partial charge is 0.481 e. The predicted octanol–water partition coefficient (Wildman–Crippen LogP) is 1.87. The Morgan fingerprint density at radius 3 is 2.85 bits per heavy atom. The molecule has 0 aromatic heterocycles. The van der Waals surface area contributed by atoms with Crippen LogP contribution in [0, 0.1) is 12.8 Å². The maximum absolute atomic E-state index is 12.5. The van der Waals surface area contributed by atoms with Crippen LogP contribution in [0.3, 0.4) is 0 Å². The van der Waals surface area contributed by atoms with Gasteiger partial charge < -0.3 is 5.11 Å². The molecule has 20 heavy (non-hydrogen) atoms. The number of carbonyl (C=O) groups is 1. The fourth-order valence-electron chi connectivity index (χ4n) is 2.58. The molecule has 1 atom stereocenters. The van der Waals surface area contributed by atoms with E-state index in [1.54, 1.807) is 18.2 Å².